The molecule has 0 bridgehead atoms. The van der Waals surface area contributed by atoms with Crippen LogP contribution >= 0.6 is 23.2 Å². The highest BCUT2D eigenvalue weighted by molar-refractivity contribution is 6.35. The van der Waals surface area contributed by atoms with Gasteiger partial charge in [-0.15, -0.1) is 0 Å². The van der Waals surface area contributed by atoms with E-state index in [1.54, 1.807) is 18.2 Å². The van der Waals surface area contributed by atoms with Crippen molar-refractivity contribution in [2.24, 2.45) is 5.73 Å². The molecule has 1 unspecified atom stereocenters. The second kappa shape index (κ2) is 5.30. The number of fused-ring (bicyclic) bond motifs is 1. The predicted octanol–water partition coefficient (Wildman–Crippen LogP) is 5.07. The average molecular weight is 328 g/mol. The van der Waals surface area contributed by atoms with E-state index in [0.717, 1.165) is 6.07 Å². The summed E-state index contributed by atoms with van der Waals surface area (Å²) >= 11 is 11.7. The molecule has 0 spiro atoms. The fourth-order valence-corrected chi connectivity index (χ4v) is 2.63. The minimum Gasteiger partial charge on any atom is -0.456 e. The Morgan fingerprint density at radius 2 is 1.76 bits per heavy atom. The van der Waals surface area contributed by atoms with Crippen molar-refractivity contribution in [1.82, 2.24) is 0 Å². The summed E-state index contributed by atoms with van der Waals surface area (Å²) in [5, 5.41) is 0.701. The number of nitrogens with two attached hydrogens (primary N) is 1. The smallest absolute Gasteiger partial charge is 0.169 e. The van der Waals surface area contributed by atoms with Crippen LogP contribution in [-0.4, -0.2) is 0 Å². The van der Waals surface area contributed by atoms with E-state index in [1.165, 1.54) is 12.1 Å². The lowest BCUT2D eigenvalue weighted by atomic mass is 10.0. The number of halogens is 4. The van der Waals surface area contributed by atoms with E-state index in [1.807, 2.05) is 0 Å². The second-order valence-electron chi connectivity index (χ2n) is 4.57. The third kappa shape index (κ3) is 2.50. The molecule has 0 saturated carbocycles. The molecule has 0 aliphatic carbocycles. The molecule has 6 heteroatoms. The molecule has 21 heavy (non-hydrogen) atoms. The lowest BCUT2D eigenvalue weighted by molar-refractivity contribution is 0.501. The Hall–Kier alpha value is -1.62. The topological polar surface area (TPSA) is 39.2 Å². The summed E-state index contributed by atoms with van der Waals surface area (Å²) in [7, 11) is 0. The Kier molecular flexibility index (Phi) is 3.61. The number of hydrogen-bond donors (Lipinski definition) is 1. The molecule has 0 fully saturated rings. The Morgan fingerprint density at radius 1 is 1.00 bits per heavy atom. The van der Waals surface area contributed by atoms with Crippen LogP contribution in [0.5, 0.6) is 0 Å². The normalized spacial score (nSPS) is 12.8. The molecule has 0 aliphatic rings. The molecule has 108 valence electrons. The number of hydrogen-bond acceptors (Lipinski definition) is 2. The van der Waals surface area contributed by atoms with Gasteiger partial charge in [-0.1, -0.05) is 35.3 Å². The summed E-state index contributed by atoms with van der Waals surface area (Å²) in [6.07, 6.45) is 0. The molecule has 0 amide bonds. The summed E-state index contributed by atoms with van der Waals surface area (Å²) in [6.45, 7) is 0. The van der Waals surface area contributed by atoms with Crippen LogP contribution in [0, 0.1) is 11.6 Å². The van der Waals surface area contributed by atoms with Crippen molar-refractivity contribution >= 4 is 34.2 Å². The quantitative estimate of drug-likeness (QED) is 0.668. The Balaban J connectivity index is 2.10. The maximum Gasteiger partial charge on any atom is 0.169 e. The van der Waals surface area contributed by atoms with Crippen molar-refractivity contribution in [1.29, 1.82) is 0 Å². The first-order valence-electron chi connectivity index (χ1n) is 6.05. The predicted molar refractivity (Wildman–Crippen MR) is 78.6 cm³/mol. The van der Waals surface area contributed by atoms with Gasteiger partial charge in [0.1, 0.15) is 11.6 Å². The van der Waals surface area contributed by atoms with Gasteiger partial charge in [0.25, 0.3) is 0 Å². The lowest BCUT2D eigenvalue weighted by Gasteiger charge is -2.12. The number of furan rings is 1. The van der Waals surface area contributed by atoms with Gasteiger partial charge in [0.05, 0.1) is 11.1 Å². The zero-order valence-corrected chi connectivity index (χ0v) is 12.1. The maximum atomic E-state index is 13.6. The van der Waals surface area contributed by atoms with E-state index in [0.29, 0.717) is 16.7 Å². The van der Waals surface area contributed by atoms with Gasteiger partial charge in [-0.3, -0.25) is 0 Å². The van der Waals surface area contributed by atoms with Crippen molar-refractivity contribution in [2.75, 3.05) is 0 Å². The van der Waals surface area contributed by atoms with Gasteiger partial charge >= 0.3 is 0 Å². The first kappa shape index (κ1) is 14.3. The van der Waals surface area contributed by atoms with Crippen LogP contribution in [0.15, 0.2) is 40.8 Å². The molecular formula is C15H9Cl2F2NO. The SMILES string of the molecule is NC(c1cc2cccc(F)c2o1)c1cc(F)c(Cl)cc1Cl. The van der Waals surface area contributed by atoms with E-state index >= 15 is 0 Å². The summed E-state index contributed by atoms with van der Waals surface area (Å²) in [4.78, 5) is 0. The van der Waals surface area contributed by atoms with Crippen LogP contribution in [0.2, 0.25) is 10.0 Å². The molecule has 0 saturated heterocycles. The third-order valence-electron chi connectivity index (χ3n) is 3.20. The Labute approximate surface area is 129 Å². The van der Waals surface area contributed by atoms with Gasteiger partial charge in [0.15, 0.2) is 11.4 Å². The summed E-state index contributed by atoms with van der Waals surface area (Å²) in [5.74, 6) is -0.827. The fourth-order valence-electron chi connectivity index (χ4n) is 2.13. The average Bonchev–Trinajstić information content (AvgIpc) is 2.87. The lowest BCUT2D eigenvalue weighted by Crippen LogP contribution is -2.12. The largest absolute Gasteiger partial charge is 0.456 e. The molecule has 0 radical (unpaired) electrons. The minimum atomic E-state index is -0.823. The van der Waals surface area contributed by atoms with Crippen molar-refractivity contribution in [3.05, 3.63) is 69.4 Å². The Bertz CT molecular complexity index is 832. The fraction of sp³-hybridized carbons (Fsp3) is 0.0667. The molecule has 0 aliphatic heterocycles. The van der Waals surface area contributed by atoms with E-state index in [2.05, 4.69) is 0 Å². The van der Waals surface area contributed by atoms with Gasteiger partial charge in [-0.2, -0.15) is 0 Å². The van der Waals surface area contributed by atoms with Gasteiger partial charge in [-0.25, -0.2) is 8.78 Å². The summed E-state index contributed by atoms with van der Waals surface area (Å²) in [5.41, 5.74) is 6.46. The zero-order chi connectivity index (χ0) is 15.1. The first-order valence-corrected chi connectivity index (χ1v) is 6.81. The standard InChI is InChI=1S/C15H9Cl2F2NO/c16-9-6-10(17)12(19)5-8(9)14(20)13-4-7-2-1-3-11(18)15(7)21-13/h1-6,14H,20H2. The van der Waals surface area contributed by atoms with Crippen molar-refractivity contribution < 1.29 is 13.2 Å². The number of benzene rings is 2. The maximum absolute atomic E-state index is 13.6. The molecule has 3 aromatic rings. The van der Waals surface area contributed by atoms with E-state index < -0.39 is 17.7 Å². The zero-order valence-electron chi connectivity index (χ0n) is 10.5. The molecule has 2 aromatic carbocycles. The molecule has 2 N–H and O–H groups in total. The Morgan fingerprint density at radius 3 is 2.48 bits per heavy atom. The molecule has 1 atom stereocenters. The molecular weight excluding hydrogens is 319 g/mol. The van der Waals surface area contributed by atoms with Crippen molar-refractivity contribution in [3.63, 3.8) is 0 Å². The second-order valence-corrected chi connectivity index (χ2v) is 5.39. The van der Waals surface area contributed by atoms with Crippen LogP contribution in [0.25, 0.3) is 11.0 Å². The first-order chi connectivity index (χ1) is 9.97. The van der Waals surface area contributed by atoms with Crippen LogP contribution in [0.4, 0.5) is 8.78 Å². The monoisotopic (exact) mass is 327 g/mol. The highest BCUT2D eigenvalue weighted by atomic mass is 35.5. The highest BCUT2D eigenvalue weighted by Gasteiger charge is 2.20. The molecule has 1 heterocycles. The van der Waals surface area contributed by atoms with Crippen molar-refractivity contribution in [2.45, 2.75) is 6.04 Å². The number of rotatable bonds is 2. The highest BCUT2D eigenvalue weighted by Crippen LogP contribution is 2.33. The van der Waals surface area contributed by atoms with Crippen LogP contribution in [0.3, 0.4) is 0 Å². The summed E-state index contributed by atoms with van der Waals surface area (Å²) < 4.78 is 32.6. The van der Waals surface area contributed by atoms with Crippen LogP contribution in [-0.2, 0) is 0 Å². The van der Waals surface area contributed by atoms with Crippen molar-refractivity contribution in [3.8, 4) is 0 Å². The summed E-state index contributed by atoms with van der Waals surface area (Å²) in [6, 6.07) is 7.76. The third-order valence-corrected chi connectivity index (χ3v) is 3.81. The van der Waals surface area contributed by atoms with E-state index in [4.69, 9.17) is 33.4 Å². The van der Waals surface area contributed by atoms with Gasteiger partial charge in [0, 0.05) is 10.4 Å². The van der Waals surface area contributed by atoms with E-state index in [9.17, 15) is 8.78 Å². The molecule has 3 rings (SSSR count). The molecule has 2 nitrogen and oxygen atoms in total. The van der Waals surface area contributed by atoms with Gasteiger partial charge in [0.2, 0.25) is 0 Å². The number of para-hydroxylation sites is 1. The van der Waals surface area contributed by atoms with Crippen LogP contribution in [0.1, 0.15) is 17.4 Å². The minimum absolute atomic E-state index is 0.0911. The van der Waals surface area contributed by atoms with E-state index in [-0.39, 0.29) is 15.6 Å². The van der Waals surface area contributed by atoms with Gasteiger partial charge < -0.3 is 10.2 Å². The molecule has 1 aromatic heterocycles. The van der Waals surface area contributed by atoms with Crippen LogP contribution < -0.4 is 5.73 Å². The van der Waals surface area contributed by atoms with Gasteiger partial charge in [-0.05, 0) is 29.8 Å².